The summed E-state index contributed by atoms with van der Waals surface area (Å²) in [5, 5.41) is 1.02. The molecule has 0 aliphatic carbocycles. The van der Waals surface area contributed by atoms with Gasteiger partial charge in [0, 0.05) is 18.1 Å². The Morgan fingerprint density at radius 1 is 1.35 bits per heavy atom. The van der Waals surface area contributed by atoms with E-state index in [4.69, 9.17) is 13.9 Å². The molecule has 5 heteroatoms. The molecular formula is C18H22NO4+. The SMILES string of the molecule is CCc1cc(=O)oc2c3c(ccc12)OC[NH+](C[C@H]1CCCO1)C3. The molecule has 5 nitrogen and oxygen atoms in total. The third kappa shape index (κ3) is 2.75. The van der Waals surface area contributed by atoms with Crippen LogP contribution in [0.1, 0.15) is 30.9 Å². The van der Waals surface area contributed by atoms with Gasteiger partial charge in [-0.1, -0.05) is 6.92 Å². The van der Waals surface area contributed by atoms with Crippen molar-refractivity contribution < 1.29 is 18.8 Å². The summed E-state index contributed by atoms with van der Waals surface area (Å²) < 4.78 is 17.2. The standard InChI is InChI=1S/C18H21NO4/c1-2-12-8-17(20)23-18-14(12)5-6-16-15(18)10-19(11-22-16)9-13-4-3-7-21-13/h5-6,8,13H,2-4,7,9-11H2,1H3/p+1/t13-/m1/s1. The van der Waals surface area contributed by atoms with Crippen LogP contribution in [0, 0.1) is 0 Å². The Balaban J connectivity index is 1.70. The van der Waals surface area contributed by atoms with Gasteiger partial charge in [-0.2, -0.15) is 0 Å². The van der Waals surface area contributed by atoms with Crippen LogP contribution in [0.15, 0.2) is 27.4 Å². The smallest absolute Gasteiger partial charge is 0.336 e. The van der Waals surface area contributed by atoms with Crippen LogP contribution in [-0.4, -0.2) is 26.0 Å². The summed E-state index contributed by atoms with van der Waals surface area (Å²) in [4.78, 5) is 13.2. The molecule has 0 spiro atoms. The summed E-state index contributed by atoms with van der Waals surface area (Å²) in [6, 6.07) is 5.59. The van der Waals surface area contributed by atoms with Gasteiger partial charge in [-0.25, -0.2) is 4.79 Å². The molecule has 1 fully saturated rings. The molecule has 23 heavy (non-hydrogen) atoms. The maximum absolute atomic E-state index is 11.9. The first-order chi connectivity index (χ1) is 11.2. The first-order valence-corrected chi connectivity index (χ1v) is 8.41. The van der Waals surface area contributed by atoms with Gasteiger partial charge < -0.3 is 13.9 Å². The average Bonchev–Trinajstić information content (AvgIpc) is 3.07. The summed E-state index contributed by atoms with van der Waals surface area (Å²) in [5.74, 6) is 0.838. The minimum Gasteiger partial charge on any atom is -0.445 e. The van der Waals surface area contributed by atoms with Crippen LogP contribution in [-0.2, 0) is 17.7 Å². The molecule has 2 aliphatic rings. The molecule has 0 radical (unpaired) electrons. The molecule has 122 valence electrons. The number of hydrogen-bond donors (Lipinski definition) is 1. The van der Waals surface area contributed by atoms with E-state index in [-0.39, 0.29) is 5.63 Å². The molecule has 2 aromatic rings. The Morgan fingerprint density at radius 2 is 2.26 bits per heavy atom. The van der Waals surface area contributed by atoms with Gasteiger partial charge >= 0.3 is 5.63 Å². The van der Waals surface area contributed by atoms with Crippen LogP contribution in [0.5, 0.6) is 5.75 Å². The Labute approximate surface area is 134 Å². The summed E-state index contributed by atoms with van der Waals surface area (Å²) in [6.07, 6.45) is 3.41. The van der Waals surface area contributed by atoms with Gasteiger partial charge in [0.1, 0.15) is 24.9 Å². The van der Waals surface area contributed by atoms with Crippen molar-refractivity contribution in [2.75, 3.05) is 19.9 Å². The third-order valence-electron chi connectivity index (χ3n) is 4.84. The van der Waals surface area contributed by atoms with Gasteiger partial charge in [0.15, 0.2) is 5.58 Å². The molecule has 0 saturated carbocycles. The maximum atomic E-state index is 11.9. The zero-order valence-corrected chi connectivity index (χ0v) is 13.4. The number of benzene rings is 1. The van der Waals surface area contributed by atoms with Crippen molar-refractivity contribution in [3.05, 3.63) is 39.7 Å². The highest BCUT2D eigenvalue weighted by molar-refractivity contribution is 5.85. The van der Waals surface area contributed by atoms with E-state index >= 15 is 0 Å². The predicted molar refractivity (Wildman–Crippen MR) is 85.9 cm³/mol. The maximum Gasteiger partial charge on any atom is 0.336 e. The summed E-state index contributed by atoms with van der Waals surface area (Å²) in [5.41, 5.74) is 2.45. The molecule has 2 aliphatic heterocycles. The molecular weight excluding hydrogens is 294 g/mol. The minimum absolute atomic E-state index is 0.283. The zero-order chi connectivity index (χ0) is 15.8. The van der Waals surface area contributed by atoms with E-state index in [1.807, 2.05) is 12.1 Å². The molecule has 2 atom stereocenters. The fourth-order valence-corrected chi connectivity index (χ4v) is 3.66. The Morgan fingerprint density at radius 3 is 3.04 bits per heavy atom. The molecule has 1 aromatic heterocycles. The molecule has 4 rings (SSSR count). The normalized spacial score (nSPS) is 23.7. The Bertz CT molecular complexity index is 776. The third-order valence-corrected chi connectivity index (χ3v) is 4.84. The largest absolute Gasteiger partial charge is 0.445 e. The fourth-order valence-electron chi connectivity index (χ4n) is 3.66. The number of ether oxygens (including phenoxy) is 2. The lowest BCUT2D eigenvalue weighted by atomic mass is 10.0. The lowest BCUT2D eigenvalue weighted by Crippen LogP contribution is -3.13. The van der Waals surface area contributed by atoms with E-state index in [2.05, 4.69) is 6.92 Å². The van der Waals surface area contributed by atoms with E-state index in [0.29, 0.717) is 18.4 Å². The van der Waals surface area contributed by atoms with E-state index in [9.17, 15) is 4.79 Å². The molecule has 1 unspecified atom stereocenters. The molecule has 1 aromatic carbocycles. The molecule has 3 heterocycles. The van der Waals surface area contributed by atoms with Crippen LogP contribution >= 0.6 is 0 Å². The van der Waals surface area contributed by atoms with Gasteiger partial charge in [0.2, 0.25) is 6.73 Å². The van der Waals surface area contributed by atoms with Crippen LogP contribution in [0.25, 0.3) is 11.0 Å². The second-order valence-electron chi connectivity index (χ2n) is 6.42. The van der Waals surface area contributed by atoms with E-state index < -0.39 is 0 Å². The second kappa shape index (κ2) is 5.98. The highest BCUT2D eigenvalue weighted by Gasteiger charge is 2.28. The van der Waals surface area contributed by atoms with Crippen molar-refractivity contribution in [1.29, 1.82) is 0 Å². The predicted octanol–water partition coefficient (Wildman–Crippen LogP) is 1.27. The van der Waals surface area contributed by atoms with Crippen molar-refractivity contribution in [3.63, 3.8) is 0 Å². The van der Waals surface area contributed by atoms with Crippen LogP contribution < -0.4 is 15.3 Å². The van der Waals surface area contributed by atoms with Crippen molar-refractivity contribution in [2.24, 2.45) is 0 Å². The Kier molecular flexibility index (Phi) is 3.83. The first-order valence-electron chi connectivity index (χ1n) is 8.41. The van der Waals surface area contributed by atoms with Crippen molar-refractivity contribution in [2.45, 2.75) is 38.8 Å². The number of aryl methyl sites for hydroxylation is 1. The van der Waals surface area contributed by atoms with E-state index in [1.54, 1.807) is 6.07 Å². The monoisotopic (exact) mass is 316 g/mol. The number of hydrogen-bond acceptors (Lipinski definition) is 4. The van der Waals surface area contributed by atoms with Crippen LogP contribution in [0.4, 0.5) is 0 Å². The average molecular weight is 316 g/mol. The highest BCUT2D eigenvalue weighted by atomic mass is 16.5. The van der Waals surface area contributed by atoms with Crippen molar-refractivity contribution in [3.8, 4) is 5.75 Å². The van der Waals surface area contributed by atoms with Gasteiger partial charge in [-0.15, -0.1) is 0 Å². The van der Waals surface area contributed by atoms with Gasteiger partial charge in [-0.3, -0.25) is 4.90 Å². The summed E-state index contributed by atoms with van der Waals surface area (Å²) in [7, 11) is 0. The molecule has 1 N–H and O–H groups in total. The first kappa shape index (κ1) is 14.7. The van der Waals surface area contributed by atoms with Crippen molar-refractivity contribution >= 4 is 11.0 Å². The topological polar surface area (TPSA) is 53.1 Å². The fraction of sp³-hybridized carbons (Fsp3) is 0.500. The lowest BCUT2D eigenvalue weighted by molar-refractivity contribution is -0.935. The van der Waals surface area contributed by atoms with Crippen LogP contribution in [0.2, 0.25) is 0 Å². The van der Waals surface area contributed by atoms with Gasteiger partial charge in [0.05, 0.1) is 5.56 Å². The number of quaternary nitrogens is 1. The van der Waals surface area contributed by atoms with Gasteiger partial charge in [0.25, 0.3) is 0 Å². The number of fused-ring (bicyclic) bond motifs is 3. The molecule has 1 saturated heterocycles. The highest BCUT2D eigenvalue weighted by Crippen LogP contribution is 2.30. The minimum atomic E-state index is -0.283. The Hall–Kier alpha value is -1.85. The van der Waals surface area contributed by atoms with E-state index in [0.717, 1.165) is 61.2 Å². The lowest BCUT2D eigenvalue weighted by Gasteiger charge is -2.28. The second-order valence-corrected chi connectivity index (χ2v) is 6.42. The van der Waals surface area contributed by atoms with Gasteiger partial charge in [-0.05, 0) is 37.0 Å². The van der Waals surface area contributed by atoms with Crippen LogP contribution in [0.3, 0.4) is 0 Å². The van der Waals surface area contributed by atoms with Crippen molar-refractivity contribution in [1.82, 2.24) is 0 Å². The summed E-state index contributed by atoms with van der Waals surface area (Å²) in [6.45, 7) is 5.30. The number of nitrogens with one attached hydrogen (secondary N) is 1. The summed E-state index contributed by atoms with van der Waals surface area (Å²) >= 11 is 0. The quantitative estimate of drug-likeness (QED) is 0.867. The molecule has 0 bridgehead atoms. The van der Waals surface area contributed by atoms with E-state index in [1.165, 1.54) is 4.90 Å². The zero-order valence-electron chi connectivity index (χ0n) is 13.4. The molecule has 0 amide bonds. The number of rotatable bonds is 3.